The Labute approximate surface area is 346 Å². The lowest BCUT2D eigenvalue weighted by atomic mass is 9.35. The molecule has 0 radical (unpaired) electrons. The van der Waals surface area contributed by atoms with Gasteiger partial charge in [-0.2, -0.15) is 13.2 Å². The summed E-state index contributed by atoms with van der Waals surface area (Å²) in [6.07, 6.45) is 8.24. The number of hydrogen-bond acceptors (Lipinski definition) is 9. The van der Waals surface area contributed by atoms with E-state index in [1.165, 1.54) is 19.3 Å². The van der Waals surface area contributed by atoms with Gasteiger partial charge in [0.1, 0.15) is 18.0 Å². The molecule has 1 saturated heterocycles. The molecular formula is C46H71F3N2O7. The summed E-state index contributed by atoms with van der Waals surface area (Å²) in [7, 11) is 0. The van der Waals surface area contributed by atoms with Gasteiger partial charge in [0.2, 0.25) is 0 Å². The third-order valence-electron chi connectivity index (χ3n) is 12.1. The summed E-state index contributed by atoms with van der Waals surface area (Å²) in [6, 6.07) is 2.77. The van der Waals surface area contributed by atoms with Gasteiger partial charge in [0.25, 0.3) is 0 Å². The van der Waals surface area contributed by atoms with Crippen molar-refractivity contribution in [3.05, 3.63) is 23.5 Å². The second kappa shape index (κ2) is 18.6. The van der Waals surface area contributed by atoms with Crippen LogP contribution in [0.15, 0.2) is 12.1 Å². The third-order valence-corrected chi connectivity index (χ3v) is 12.1. The smallest absolute Gasteiger partial charge is 0.381 e. The van der Waals surface area contributed by atoms with E-state index in [4.69, 9.17) is 33.2 Å². The highest BCUT2D eigenvalue weighted by Crippen LogP contribution is 2.73. The number of halogens is 3. The number of alkyl halides is 3. The Bertz CT molecular complexity index is 1520. The van der Waals surface area contributed by atoms with Crippen molar-refractivity contribution in [2.24, 2.45) is 10.8 Å². The summed E-state index contributed by atoms with van der Waals surface area (Å²) in [5.74, 6) is 5.71. The van der Waals surface area contributed by atoms with Gasteiger partial charge in [0, 0.05) is 38.6 Å². The van der Waals surface area contributed by atoms with Crippen molar-refractivity contribution in [1.82, 2.24) is 4.98 Å². The topological polar surface area (TPSA) is 80.7 Å². The number of piperidine rings is 1. The summed E-state index contributed by atoms with van der Waals surface area (Å²) in [5.41, 5.74) is -0.335. The van der Waals surface area contributed by atoms with Crippen molar-refractivity contribution in [3.63, 3.8) is 0 Å². The van der Waals surface area contributed by atoms with Gasteiger partial charge in [0.05, 0.1) is 60.5 Å². The molecule has 0 amide bonds. The van der Waals surface area contributed by atoms with Crippen LogP contribution in [0.2, 0.25) is 0 Å². The Hall–Kier alpha value is -1.98. The zero-order valence-electron chi connectivity index (χ0n) is 36.6. The standard InChI is InChI=1S/C46H71F3N2O7/c1-41(2,3)57-38-24-36(25-38)54-32-45-28-44(29-45,30-45)31-53-19-10-9-18-52-21-15-43(7,8)55-20-11-12-33-22-34(23-40(50-33)46(47,48)49)51-16-13-35(14-17-51)56-37-26-39(27-37)58-42(4,5)6/h22-23,35-39H,9-10,13-21,24-32H2,1-8H3. The van der Waals surface area contributed by atoms with E-state index in [0.717, 1.165) is 77.3 Å². The van der Waals surface area contributed by atoms with E-state index in [2.05, 4.69) is 58.4 Å². The highest BCUT2D eigenvalue weighted by atomic mass is 19.4. The fourth-order valence-corrected chi connectivity index (χ4v) is 9.28. The van der Waals surface area contributed by atoms with Crippen LogP contribution in [0.1, 0.15) is 144 Å². The van der Waals surface area contributed by atoms with E-state index < -0.39 is 17.5 Å². The summed E-state index contributed by atoms with van der Waals surface area (Å²) >= 11 is 0. The molecule has 0 aromatic carbocycles. The molecule has 1 aromatic heterocycles. The first-order chi connectivity index (χ1) is 27.2. The van der Waals surface area contributed by atoms with Crippen LogP contribution in [0.5, 0.6) is 0 Å². The Morgan fingerprint density at radius 1 is 0.724 bits per heavy atom. The Morgan fingerprint density at radius 3 is 1.91 bits per heavy atom. The number of rotatable bonds is 20. The van der Waals surface area contributed by atoms with Crippen molar-refractivity contribution in [2.45, 2.75) is 186 Å². The maximum Gasteiger partial charge on any atom is 0.433 e. The van der Waals surface area contributed by atoms with Gasteiger partial charge < -0.3 is 38.1 Å². The van der Waals surface area contributed by atoms with Gasteiger partial charge in [-0.15, -0.1) is 0 Å². The first-order valence-electron chi connectivity index (χ1n) is 21.9. The van der Waals surface area contributed by atoms with E-state index in [0.29, 0.717) is 61.4 Å². The predicted molar refractivity (Wildman–Crippen MR) is 218 cm³/mol. The fraction of sp³-hybridized carbons (Fsp3) is 0.848. The number of aromatic nitrogens is 1. The van der Waals surface area contributed by atoms with Crippen LogP contribution in [-0.4, -0.2) is 105 Å². The fourth-order valence-electron chi connectivity index (χ4n) is 9.28. The molecule has 0 unspecified atom stereocenters. The van der Waals surface area contributed by atoms with Crippen LogP contribution in [0.3, 0.4) is 0 Å². The molecule has 0 N–H and O–H groups in total. The average molecular weight is 821 g/mol. The molecule has 58 heavy (non-hydrogen) atoms. The zero-order chi connectivity index (χ0) is 41.8. The lowest BCUT2D eigenvalue weighted by Crippen LogP contribution is -2.66. The second-order valence-electron chi connectivity index (χ2n) is 20.6. The molecule has 5 saturated carbocycles. The van der Waals surface area contributed by atoms with Gasteiger partial charge in [-0.1, -0.05) is 5.92 Å². The zero-order valence-corrected chi connectivity index (χ0v) is 36.6. The van der Waals surface area contributed by atoms with Crippen LogP contribution in [0, 0.1) is 22.7 Å². The van der Waals surface area contributed by atoms with Crippen LogP contribution in [0.4, 0.5) is 18.9 Å². The minimum Gasteiger partial charge on any atom is -0.381 e. The van der Waals surface area contributed by atoms with Crippen LogP contribution in [-0.2, 0) is 39.3 Å². The first kappa shape index (κ1) is 45.5. The van der Waals surface area contributed by atoms with Gasteiger partial charge in [0.15, 0.2) is 0 Å². The molecular weight excluding hydrogens is 750 g/mol. The number of unbranched alkanes of at least 4 members (excludes halogenated alkanes) is 1. The quantitative estimate of drug-likeness (QED) is 0.0945. The maximum atomic E-state index is 13.8. The minimum absolute atomic E-state index is 0.0762. The van der Waals surface area contributed by atoms with Crippen molar-refractivity contribution in [1.29, 1.82) is 0 Å². The van der Waals surface area contributed by atoms with Crippen LogP contribution < -0.4 is 4.90 Å². The average Bonchev–Trinajstić information content (AvgIpc) is 3.05. The van der Waals surface area contributed by atoms with Gasteiger partial charge in [-0.3, -0.25) is 0 Å². The van der Waals surface area contributed by atoms with Crippen molar-refractivity contribution in [3.8, 4) is 11.8 Å². The Kier molecular flexibility index (Phi) is 14.6. The molecule has 1 aromatic rings. The van der Waals surface area contributed by atoms with Gasteiger partial charge >= 0.3 is 6.18 Å². The normalized spacial score (nSPS) is 28.8. The maximum absolute atomic E-state index is 13.8. The van der Waals surface area contributed by atoms with Crippen LogP contribution >= 0.6 is 0 Å². The molecule has 9 nitrogen and oxygen atoms in total. The number of anilines is 1. The largest absolute Gasteiger partial charge is 0.433 e. The van der Waals surface area contributed by atoms with E-state index in [1.54, 1.807) is 6.07 Å². The molecule has 0 spiro atoms. The SMILES string of the molecule is CC(C)(C)OC1CC(OCC23CC(COCCCCOCCC(C)(C)OCC#Cc4cc(N5CCC(OC6CC(OC(C)(C)C)C6)CC5)cc(C(F)(F)F)n4)(C2)C3)C1. The lowest BCUT2D eigenvalue weighted by molar-refractivity contribution is -0.266. The summed E-state index contributed by atoms with van der Waals surface area (Å²) in [5, 5.41) is 0. The lowest BCUT2D eigenvalue weighted by Gasteiger charge is -2.70. The van der Waals surface area contributed by atoms with Gasteiger partial charge in [-0.05, 0) is 161 Å². The molecule has 12 heteroatoms. The van der Waals surface area contributed by atoms with Crippen molar-refractivity contribution in [2.75, 3.05) is 57.6 Å². The minimum atomic E-state index is -4.58. The molecule has 5 aliphatic carbocycles. The number of pyridine rings is 1. The van der Waals surface area contributed by atoms with E-state index in [-0.39, 0.29) is 41.8 Å². The monoisotopic (exact) mass is 821 g/mol. The Balaban J connectivity index is 0.802. The molecule has 6 fully saturated rings. The predicted octanol–water partition coefficient (Wildman–Crippen LogP) is 9.32. The second-order valence-corrected chi connectivity index (χ2v) is 20.6. The number of ether oxygens (including phenoxy) is 7. The van der Waals surface area contributed by atoms with Crippen molar-refractivity contribution >= 4 is 5.69 Å². The first-order valence-corrected chi connectivity index (χ1v) is 21.9. The van der Waals surface area contributed by atoms with Gasteiger partial charge in [-0.25, -0.2) is 4.98 Å². The summed E-state index contributed by atoms with van der Waals surface area (Å²) in [4.78, 5) is 5.80. The molecule has 1 aliphatic heterocycles. The summed E-state index contributed by atoms with van der Waals surface area (Å²) in [6.45, 7) is 21.4. The van der Waals surface area contributed by atoms with Crippen molar-refractivity contribution < 1.29 is 46.3 Å². The third kappa shape index (κ3) is 13.5. The summed E-state index contributed by atoms with van der Waals surface area (Å²) < 4.78 is 84.1. The molecule has 0 atom stereocenters. The van der Waals surface area contributed by atoms with E-state index in [1.807, 2.05) is 18.7 Å². The Morgan fingerprint density at radius 2 is 1.31 bits per heavy atom. The molecule has 328 valence electrons. The highest BCUT2D eigenvalue weighted by molar-refractivity contribution is 5.52. The van der Waals surface area contributed by atoms with E-state index in [9.17, 15) is 13.2 Å². The number of nitrogens with zero attached hydrogens (tertiary/aromatic N) is 2. The molecule has 6 aliphatic rings. The van der Waals surface area contributed by atoms with E-state index >= 15 is 0 Å². The number of hydrogen-bond donors (Lipinski definition) is 0. The van der Waals surface area contributed by atoms with Crippen LogP contribution in [0.25, 0.3) is 0 Å². The molecule has 7 rings (SSSR count). The molecule has 2 bridgehead atoms. The highest BCUT2D eigenvalue weighted by Gasteiger charge is 2.67. The molecule has 2 heterocycles.